The molecule has 0 spiro atoms. The Kier molecular flexibility index (Phi) is 4.69. The Hall–Kier alpha value is -1.51. The van der Waals surface area contributed by atoms with Crippen LogP contribution in [-0.2, 0) is 10.0 Å². The highest BCUT2D eigenvalue weighted by Gasteiger charge is 2.20. The molecule has 0 aromatic carbocycles. The van der Waals surface area contributed by atoms with E-state index in [2.05, 4.69) is 20.0 Å². The average Bonchev–Trinajstić information content (AvgIpc) is 2.99. The van der Waals surface area contributed by atoms with Crippen LogP contribution in [0.3, 0.4) is 0 Å². The predicted octanol–water partition coefficient (Wildman–Crippen LogP) is 1.66. The molecule has 2 aromatic heterocycles. The molecule has 0 saturated heterocycles. The predicted molar refractivity (Wildman–Crippen MR) is 79.5 cm³/mol. The first-order chi connectivity index (χ1) is 9.54. The molecule has 2 heterocycles. The summed E-state index contributed by atoms with van der Waals surface area (Å²) < 4.78 is 27.2. The van der Waals surface area contributed by atoms with Gasteiger partial charge in [-0.15, -0.1) is 11.3 Å². The number of aromatic nitrogens is 2. The minimum absolute atomic E-state index is 0.0273. The van der Waals surface area contributed by atoms with Crippen LogP contribution < -0.4 is 10.0 Å². The van der Waals surface area contributed by atoms with Crippen LogP contribution in [0.4, 0.5) is 5.82 Å². The average molecular weight is 312 g/mol. The van der Waals surface area contributed by atoms with Crippen molar-refractivity contribution in [3.05, 3.63) is 34.9 Å². The number of rotatable bonds is 6. The van der Waals surface area contributed by atoms with E-state index in [1.807, 2.05) is 12.3 Å². The van der Waals surface area contributed by atoms with E-state index in [0.717, 1.165) is 5.01 Å². The Morgan fingerprint density at radius 1 is 1.35 bits per heavy atom. The molecular formula is C12H16N4O2S2. The van der Waals surface area contributed by atoms with Crippen LogP contribution in [0.2, 0.25) is 0 Å². The molecule has 0 radical (unpaired) electrons. The van der Waals surface area contributed by atoms with Crippen molar-refractivity contribution in [1.29, 1.82) is 0 Å². The molecule has 0 bridgehead atoms. The van der Waals surface area contributed by atoms with E-state index in [1.165, 1.54) is 17.4 Å². The van der Waals surface area contributed by atoms with Crippen LogP contribution in [0.5, 0.6) is 0 Å². The van der Waals surface area contributed by atoms with Crippen LogP contribution in [0.1, 0.15) is 17.8 Å². The Morgan fingerprint density at radius 2 is 2.15 bits per heavy atom. The highest BCUT2D eigenvalue weighted by atomic mass is 32.2. The lowest BCUT2D eigenvalue weighted by Gasteiger charge is -2.12. The van der Waals surface area contributed by atoms with Crippen molar-refractivity contribution in [2.45, 2.75) is 17.7 Å². The van der Waals surface area contributed by atoms with E-state index in [9.17, 15) is 8.42 Å². The van der Waals surface area contributed by atoms with Crippen LogP contribution in [0.15, 0.2) is 34.8 Å². The maximum Gasteiger partial charge on any atom is 0.244 e. The standard InChI is InChI=1S/C12H16N4O2S2/c1-9(12-15-6-7-19-12)8-16-20(17,18)10-4-3-5-14-11(10)13-2/h3-7,9,16H,8H2,1-2H3,(H,13,14). The molecule has 1 atom stereocenters. The molecule has 0 aliphatic carbocycles. The molecule has 0 amide bonds. The first kappa shape index (κ1) is 14.9. The van der Waals surface area contributed by atoms with Gasteiger partial charge in [0.15, 0.2) is 0 Å². The second-order valence-corrected chi connectivity index (χ2v) is 6.88. The summed E-state index contributed by atoms with van der Waals surface area (Å²) in [6, 6.07) is 3.12. The monoisotopic (exact) mass is 312 g/mol. The zero-order valence-electron chi connectivity index (χ0n) is 11.2. The Labute approximate surface area is 122 Å². The van der Waals surface area contributed by atoms with Gasteiger partial charge in [-0.1, -0.05) is 6.92 Å². The van der Waals surface area contributed by atoms with E-state index >= 15 is 0 Å². The smallest absolute Gasteiger partial charge is 0.244 e. The summed E-state index contributed by atoms with van der Waals surface area (Å²) in [5.41, 5.74) is 0. The summed E-state index contributed by atoms with van der Waals surface area (Å²) in [5, 5.41) is 5.56. The third-order valence-electron chi connectivity index (χ3n) is 2.75. The van der Waals surface area contributed by atoms with Gasteiger partial charge >= 0.3 is 0 Å². The number of hydrogen-bond donors (Lipinski definition) is 2. The third-order valence-corrected chi connectivity index (χ3v) is 5.21. The fourth-order valence-corrected chi connectivity index (χ4v) is 3.66. The van der Waals surface area contributed by atoms with Crippen molar-refractivity contribution in [2.24, 2.45) is 0 Å². The SMILES string of the molecule is CNc1ncccc1S(=O)(=O)NCC(C)c1nccs1. The molecule has 2 N–H and O–H groups in total. The van der Waals surface area contributed by atoms with Crippen molar-refractivity contribution in [3.8, 4) is 0 Å². The third kappa shape index (κ3) is 3.33. The van der Waals surface area contributed by atoms with Crippen molar-refractivity contribution in [3.63, 3.8) is 0 Å². The number of thiazole rings is 1. The molecule has 108 valence electrons. The van der Waals surface area contributed by atoms with Gasteiger partial charge in [-0.25, -0.2) is 23.1 Å². The van der Waals surface area contributed by atoms with Gasteiger partial charge in [-0.05, 0) is 12.1 Å². The summed E-state index contributed by atoms with van der Waals surface area (Å²) in [4.78, 5) is 8.33. The van der Waals surface area contributed by atoms with Crippen LogP contribution in [0, 0.1) is 0 Å². The maximum atomic E-state index is 12.3. The van der Waals surface area contributed by atoms with Gasteiger partial charge in [-0.3, -0.25) is 0 Å². The van der Waals surface area contributed by atoms with Crippen LogP contribution in [0.25, 0.3) is 0 Å². The molecule has 0 saturated carbocycles. The van der Waals surface area contributed by atoms with Gasteiger partial charge in [0.2, 0.25) is 10.0 Å². The van der Waals surface area contributed by atoms with Gasteiger partial charge in [0, 0.05) is 37.3 Å². The van der Waals surface area contributed by atoms with Gasteiger partial charge in [0.05, 0.1) is 5.01 Å². The highest BCUT2D eigenvalue weighted by molar-refractivity contribution is 7.89. The number of nitrogens with one attached hydrogen (secondary N) is 2. The molecule has 0 fully saturated rings. The van der Waals surface area contributed by atoms with E-state index in [0.29, 0.717) is 12.4 Å². The molecule has 6 nitrogen and oxygen atoms in total. The summed E-state index contributed by atoms with van der Waals surface area (Å²) in [5.74, 6) is 0.362. The molecule has 1 unspecified atom stereocenters. The minimum atomic E-state index is -3.59. The van der Waals surface area contributed by atoms with E-state index in [1.54, 1.807) is 25.5 Å². The van der Waals surface area contributed by atoms with E-state index in [-0.39, 0.29) is 10.8 Å². The van der Waals surface area contributed by atoms with Crippen LogP contribution in [-0.4, -0.2) is 32.0 Å². The lowest BCUT2D eigenvalue weighted by Crippen LogP contribution is -2.28. The van der Waals surface area contributed by atoms with Gasteiger partial charge in [0.25, 0.3) is 0 Å². The number of hydrogen-bond acceptors (Lipinski definition) is 6. The molecule has 2 rings (SSSR count). The number of anilines is 1. The lowest BCUT2D eigenvalue weighted by molar-refractivity contribution is 0.574. The quantitative estimate of drug-likeness (QED) is 0.847. The van der Waals surface area contributed by atoms with E-state index in [4.69, 9.17) is 0 Å². The molecule has 0 aliphatic rings. The van der Waals surface area contributed by atoms with Gasteiger partial charge in [-0.2, -0.15) is 0 Å². The zero-order chi connectivity index (χ0) is 14.6. The Morgan fingerprint density at radius 3 is 2.80 bits per heavy atom. The van der Waals surface area contributed by atoms with E-state index < -0.39 is 10.0 Å². The lowest BCUT2D eigenvalue weighted by atomic mass is 10.2. The van der Waals surface area contributed by atoms with Gasteiger partial charge < -0.3 is 5.32 Å². The summed E-state index contributed by atoms with van der Waals surface area (Å²) in [6.45, 7) is 2.23. The van der Waals surface area contributed by atoms with Gasteiger partial charge in [0.1, 0.15) is 10.7 Å². The molecule has 2 aromatic rings. The summed E-state index contributed by atoms with van der Waals surface area (Å²) in [7, 11) is -1.95. The fraction of sp³-hybridized carbons (Fsp3) is 0.333. The molecule has 20 heavy (non-hydrogen) atoms. The minimum Gasteiger partial charge on any atom is -0.372 e. The zero-order valence-corrected chi connectivity index (χ0v) is 12.8. The number of sulfonamides is 1. The van der Waals surface area contributed by atoms with Crippen molar-refractivity contribution < 1.29 is 8.42 Å². The first-order valence-corrected chi connectivity index (χ1v) is 8.42. The summed E-state index contributed by atoms with van der Waals surface area (Å²) in [6.07, 6.45) is 3.26. The van der Waals surface area contributed by atoms with Crippen LogP contribution >= 0.6 is 11.3 Å². The Bertz CT molecular complexity index is 656. The fourth-order valence-electron chi connectivity index (χ4n) is 1.67. The Balaban J connectivity index is 2.12. The second-order valence-electron chi connectivity index (χ2n) is 4.22. The molecule has 8 heteroatoms. The maximum absolute atomic E-state index is 12.3. The number of nitrogens with zero attached hydrogens (tertiary/aromatic N) is 2. The second kappa shape index (κ2) is 6.29. The highest BCUT2D eigenvalue weighted by Crippen LogP contribution is 2.20. The first-order valence-electron chi connectivity index (χ1n) is 6.06. The van der Waals surface area contributed by atoms with Crippen molar-refractivity contribution >= 4 is 27.2 Å². The van der Waals surface area contributed by atoms with Crippen molar-refractivity contribution in [1.82, 2.24) is 14.7 Å². The largest absolute Gasteiger partial charge is 0.372 e. The topological polar surface area (TPSA) is 84.0 Å². The number of pyridine rings is 1. The normalized spacial score (nSPS) is 13.1. The summed E-state index contributed by atoms with van der Waals surface area (Å²) >= 11 is 1.51. The van der Waals surface area contributed by atoms with Crippen molar-refractivity contribution in [2.75, 3.05) is 18.9 Å². The molecule has 0 aliphatic heterocycles. The molecular weight excluding hydrogens is 296 g/mol.